The highest BCUT2D eigenvalue weighted by Gasteiger charge is 2.20. The maximum absolute atomic E-state index is 13.2. The Bertz CT molecular complexity index is 568. The largest absolute Gasteiger partial charge is 0.369 e. The topological polar surface area (TPSA) is 66.6 Å². The molecule has 0 aromatic heterocycles. The van der Waals surface area contributed by atoms with Crippen LogP contribution in [-0.4, -0.2) is 54.3 Å². The number of hydrogen-bond donors (Lipinski definition) is 1. The van der Waals surface area contributed by atoms with E-state index in [1.807, 2.05) is 4.90 Å². The van der Waals surface area contributed by atoms with Gasteiger partial charge in [-0.1, -0.05) is 6.07 Å². The number of carbonyl (C=O) groups excluding carboxylic acids is 2. The first-order chi connectivity index (χ1) is 10.5. The minimum Gasteiger partial charge on any atom is -0.369 e. The first-order valence-electron chi connectivity index (χ1n) is 7.18. The van der Waals surface area contributed by atoms with Crippen molar-refractivity contribution in [1.82, 2.24) is 9.80 Å². The van der Waals surface area contributed by atoms with Gasteiger partial charge in [0.2, 0.25) is 11.8 Å². The van der Waals surface area contributed by atoms with Crippen molar-refractivity contribution < 1.29 is 14.0 Å². The third-order valence-corrected chi connectivity index (χ3v) is 4.27. The molecule has 1 aromatic carbocycles. The first kappa shape index (κ1) is 16.9. The Balaban J connectivity index is 1.92. The van der Waals surface area contributed by atoms with Gasteiger partial charge in [0.05, 0.1) is 17.4 Å². The van der Waals surface area contributed by atoms with Gasteiger partial charge in [-0.15, -0.1) is 0 Å². The molecule has 0 radical (unpaired) electrons. The summed E-state index contributed by atoms with van der Waals surface area (Å²) in [6.45, 7) is 2.87. The molecule has 0 aliphatic carbocycles. The van der Waals surface area contributed by atoms with Gasteiger partial charge in [0.15, 0.2) is 0 Å². The van der Waals surface area contributed by atoms with E-state index in [9.17, 15) is 14.0 Å². The van der Waals surface area contributed by atoms with Crippen LogP contribution in [0.15, 0.2) is 22.7 Å². The van der Waals surface area contributed by atoms with Gasteiger partial charge in [-0.3, -0.25) is 14.5 Å². The minimum absolute atomic E-state index is 0.0134. The summed E-state index contributed by atoms with van der Waals surface area (Å²) in [5.74, 6) is -0.677. The van der Waals surface area contributed by atoms with E-state index < -0.39 is 0 Å². The number of amides is 2. The molecule has 22 heavy (non-hydrogen) atoms. The van der Waals surface area contributed by atoms with Gasteiger partial charge < -0.3 is 10.6 Å². The monoisotopic (exact) mass is 371 g/mol. The summed E-state index contributed by atoms with van der Waals surface area (Å²) in [6.07, 6.45) is 1.06. The second-order valence-electron chi connectivity index (χ2n) is 5.40. The third kappa shape index (κ3) is 4.78. The lowest BCUT2D eigenvalue weighted by Gasteiger charge is -2.21. The van der Waals surface area contributed by atoms with Crippen LogP contribution in [0.5, 0.6) is 0 Å². The predicted octanol–water partition coefficient (Wildman–Crippen LogP) is 1.15. The van der Waals surface area contributed by atoms with Crippen molar-refractivity contribution in [3.05, 3.63) is 34.1 Å². The summed E-state index contributed by atoms with van der Waals surface area (Å²) >= 11 is 3.12. The Kier molecular flexibility index (Phi) is 5.90. The van der Waals surface area contributed by atoms with Crippen LogP contribution in [0.4, 0.5) is 4.39 Å². The van der Waals surface area contributed by atoms with Crippen molar-refractivity contribution in [1.29, 1.82) is 0 Å². The smallest absolute Gasteiger partial charge is 0.231 e. The standard InChI is InChI=1S/C15H19BrFN3O2/c16-12-8-11(2-3-13(12)17)9-15(22)20-5-1-4-19(6-7-20)10-14(18)21/h2-3,8H,1,4-7,9-10H2,(H2,18,21). The van der Waals surface area contributed by atoms with Crippen molar-refractivity contribution in [2.45, 2.75) is 12.8 Å². The van der Waals surface area contributed by atoms with E-state index >= 15 is 0 Å². The summed E-state index contributed by atoms with van der Waals surface area (Å²) in [6, 6.07) is 4.60. The summed E-state index contributed by atoms with van der Waals surface area (Å²) in [7, 11) is 0. The highest BCUT2D eigenvalue weighted by molar-refractivity contribution is 9.10. The molecule has 7 heteroatoms. The molecule has 120 valence electrons. The van der Waals surface area contributed by atoms with E-state index in [1.165, 1.54) is 6.07 Å². The number of benzene rings is 1. The normalized spacial score (nSPS) is 16.4. The fourth-order valence-electron chi connectivity index (χ4n) is 2.53. The molecule has 0 unspecified atom stereocenters. The Morgan fingerprint density at radius 2 is 2.00 bits per heavy atom. The van der Waals surface area contributed by atoms with Crippen molar-refractivity contribution in [3.63, 3.8) is 0 Å². The van der Waals surface area contributed by atoms with Crippen LogP contribution in [0.1, 0.15) is 12.0 Å². The molecule has 2 rings (SSSR count). The Morgan fingerprint density at radius 1 is 1.23 bits per heavy atom. The zero-order valence-corrected chi connectivity index (χ0v) is 13.8. The lowest BCUT2D eigenvalue weighted by molar-refractivity contribution is -0.130. The molecule has 5 nitrogen and oxygen atoms in total. The van der Waals surface area contributed by atoms with Crippen LogP contribution < -0.4 is 5.73 Å². The predicted molar refractivity (Wildman–Crippen MR) is 84.6 cm³/mol. The van der Waals surface area contributed by atoms with Crippen molar-refractivity contribution in [3.8, 4) is 0 Å². The molecule has 0 atom stereocenters. The maximum Gasteiger partial charge on any atom is 0.231 e. The molecule has 1 aromatic rings. The van der Waals surface area contributed by atoms with Gasteiger partial charge >= 0.3 is 0 Å². The van der Waals surface area contributed by atoms with E-state index in [0.717, 1.165) is 18.5 Å². The highest BCUT2D eigenvalue weighted by atomic mass is 79.9. The number of primary amides is 1. The molecule has 2 amide bonds. The van der Waals surface area contributed by atoms with E-state index in [-0.39, 0.29) is 30.6 Å². The van der Waals surface area contributed by atoms with Crippen molar-refractivity contribution >= 4 is 27.7 Å². The van der Waals surface area contributed by atoms with Gasteiger partial charge in [-0.25, -0.2) is 4.39 Å². The van der Waals surface area contributed by atoms with Crippen LogP contribution in [0.3, 0.4) is 0 Å². The summed E-state index contributed by atoms with van der Waals surface area (Å²) in [5.41, 5.74) is 5.98. The van der Waals surface area contributed by atoms with E-state index in [0.29, 0.717) is 24.1 Å². The molecular weight excluding hydrogens is 353 g/mol. The summed E-state index contributed by atoms with van der Waals surface area (Å²) < 4.78 is 13.6. The van der Waals surface area contributed by atoms with Crippen LogP contribution >= 0.6 is 15.9 Å². The van der Waals surface area contributed by atoms with Crippen LogP contribution in [-0.2, 0) is 16.0 Å². The van der Waals surface area contributed by atoms with Crippen LogP contribution in [0.2, 0.25) is 0 Å². The summed E-state index contributed by atoms with van der Waals surface area (Å²) in [5, 5.41) is 0. The molecule has 0 spiro atoms. The molecular formula is C15H19BrFN3O2. The lowest BCUT2D eigenvalue weighted by atomic mass is 10.1. The number of nitrogens with zero attached hydrogens (tertiary/aromatic N) is 2. The molecule has 1 aliphatic rings. The van der Waals surface area contributed by atoms with Gasteiger partial charge in [-0.05, 0) is 40.0 Å². The van der Waals surface area contributed by atoms with Gasteiger partial charge in [0.25, 0.3) is 0 Å². The lowest BCUT2D eigenvalue weighted by Crippen LogP contribution is -2.38. The molecule has 1 fully saturated rings. The molecule has 0 saturated carbocycles. The fraction of sp³-hybridized carbons (Fsp3) is 0.467. The average Bonchev–Trinajstić information content (AvgIpc) is 2.68. The zero-order valence-electron chi connectivity index (χ0n) is 12.2. The minimum atomic E-state index is -0.351. The molecule has 0 bridgehead atoms. The van der Waals surface area contributed by atoms with Gasteiger partial charge in [-0.2, -0.15) is 0 Å². The Morgan fingerprint density at radius 3 is 2.68 bits per heavy atom. The maximum atomic E-state index is 13.2. The second kappa shape index (κ2) is 7.69. The number of halogens is 2. The SMILES string of the molecule is NC(=O)CN1CCCN(C(=O)Cc2ccc(F)c(Br)c2)CC1. The molecule has 1 aliphatic heterocycles. The Hall–Kier alpha value is -1.47. The van der Waals surface area contributed by atoms with Gasteiger partial charge in [0, 0.05) is 26.2 Å². The molecule has 2 N–H and O–H groups in total. The second-order valence-corrected chi connectivity index (χ2v) is 6.26. The van der Waals surface area contributed by atoms with E-state index in [4.69, 9.17) is 5.73 Å². The van der Waals surface area contributed by atoms with E-state index in [1.54, 1.807) is 17.0 Å². The fourth-order valence-corrected chi connectivity index (χ4v) is 2.96. The number of hydrogen-bond acceptors (Lipinski definition) is 3. The quantitative estimate of drug-likeness (QED) is 0.863. The molecule has 1 heterocycles. The van der Waals surface area contributed by atoms with E-state index in [2.05, 4.69) is 15.9 Å². The van der Waals surface area contributed by atoms with Crippen molar-refractivity contribution in [2.75, 3.05) is 32.7 Å². The number of rotatable bonds is 4. The number of nitrogens with two attached hydrogens (primary N) is 1. The number of carbonyl (C=O) groups is 2. The average molecular weight is 372 g/mol. The molecule has 1 saturated heterocycles. The Labute approximate surface area is 137 Å². The zero-order chi connectivity index (χ0) is 16.1. The van der Waals surface area contributed by atoms with Gasteiger partial charge in [0.1, 0.15) is 5.82 Å². The van der Waals surface area contributed by atoms with Crippen LogP contribution in [0.25, 0.3) is 0 Å². The van der Waals surface area contributed by atoms with Crippen molar-refractivity contribution in [2.24, 2.45) is 5.73 Å². The summed E-state index contributed by atoms with van der Waals surface area (Å²) in [4.78, 5) is 27.1. The highest BCUT2D eigenvalue weighted by Crippen LogP contribution is 2.18. The first-order valence-corrected chi connectivity index (χ1v) is 7.97. The third-order valence-electron chi connectivity index (χ3n) is 3.66. The van der Waals surface area contributed by atoms with Crippen LogP contribution in [0, 0.1) is 5.82 Å².